The molecular weight excluding hydrogens is 571 g/mol. The van der Waals surface area contributed by atoms with Crippen LogP contribution in [0.3, 0.4) is 0 Å². The van der Waals surface area contributed by atoms with Gasteiger partial charge in [-0.15, -0.1) is 0 Å². The first-order valence-electron chi connectivity index (χ1n) is 15.1. The molecule has 4 fully saturated rings. The van der Waals surface area contributed by atoms with Gasteiger partial charge in [0.1, 0.15) is 23.6 Å². The summed E-state index contributed by atoms with van der Waals surface area (Å²) in [7, 11) is 2.11. The average Bonchev–Trinajstić information content (AvgIpc) is 3.67. The van der Waals surface area contributed by atoms with Crippen LogP contribution in [0, 0.1) is 11.7 Å². The third-order valence-corrected chi connectivity index (χ3v) is 10.3. The number of ether oxygens (including phenoxy) is 2. The Balaban J connectivity index is 1.32. The topological polar surface area (TPSA) is 124 Å². The highest BCUT2D eigenvalue weighted by atomic mass is 32.1. The van der Waals surface area contributed by atoms with Crippen molar-refractivity contribution in [1.29, 1.82) is 0 Å². The number of thiazole rings is 1. The van der Waals surface area contributed by atoms with Crippen molar-refractivity contribution in [3.05, 3.63) is 34.4 Å². The molecule has 3 aromatic heterocycles. The first-order valence-corrected chi connectivity index (χ1v) is 15.9. The summed E-state index contributed by atoms with van der Waals surface area (Å²) in [6.07, 6.45) is 4.42. The maximum atomic E-state index is 14.8. The van der Waals surface area contributed by atoms with E-state index in [0.717, 1.165) is 56.7 Å². The molecule has 226 valence electrons. The molecule has 8 rings (SSSR count). The normalized spacial score (nSPS) is 24.3. The number of nitrogens with zero attached hydrogens (tertiary/aromatic N) is 6. The van der Waals surface area contributed by atoms with Gasteiger partial charge in [0.2, 0.25) is 0 Å². The van der Waals surface area contributed by atoms with E-state index in [0.29, 0.717) is 82.7 Å². The van der Waals surface area contributed by atoms with Gasteiger partial charge in [-0.1, -0.05) is 11.3 Å². The number of likely N-dealkylation sites (tertiary alicyclic amines) is 1. The highest BCUT2D eigenvalue weighted by Crippen LogP contribution is 2.37. The van der Waals surface area contributed by atoms with Crippen molar-refractivity contribution in [3.8, 4) is 17.3 Å². The van der Waals surface area contributed by atoms with Crippen LogP contribution >= 0.6 is 11.3 Å². The van der Waals surface area contributed by atoms with Crippen molar-refractivity contribution < 1.29 is 13.9 Å². The second-order valence-electron chi connectivity index (χ2n) is 12.4. The van der Waals surface area contributed by atoms with E-state index in [1.54, 1.807) is 10.6 Å². The second kappa shape index (κ2) is 10.7. The molecule has 0 saturated carbocycles. The van der Waals surface area contributed by atoms with E-state index in [4.69, 9.17) is 25.2 Å². The van der Waals surface area contributed by atoms with Gasteiger partial charge in [-0.3, -0.25) is 4.79 Å². The van der Waals surface area contributed by atoms with Crippen LogP contribution in [-0.2, 0) is 11.3 Å². The standard InChI is InChI=1S/C30H35FN8O3S/c1-37-8-2-3-19(37)15-42-30-34-22-9-23(20-6-7-21(31)26-25(20)35-29(32)43-26)39(10-16-13-41-14-16)28(40)24(22)27(36-30)38-11-17-4-5-18(12-38)33-17/h6-7,9,16-19,33H,2-5,8,10-15H2,1H3,(H2,32,35)/t17?,18?,19-/m0/s1. The van der Waals surface area contributed by atoms with Gasteiger partial charge in [0.15, 0.2) is 5.13 Å². The van der Waals surface area contributed by atoms with E-state index in [9.17, 15) is 9.18 Å². The number of piperazine rings is 1. The number of rotatable bonds is 7. The zero-order chi connectivity index (χ0) is 29.2. The zero-order valence-corrected chi connectivity index (χ0v) is 24.9. The SMILES string of the molecule is CN1CCC[C@H]1COc1nc(N2CC3CCC(C2)N3)c2c(=O)n(CC3COC3)c(-c3ccc(F)c4sc(N)nc34)cc2n1. The van der Waals surface area contributed by atoms with Crippen molar-refractivity contribution in [1.82, 2.24) is 29.7 Å². The molecule has 0 spiro atoms. The van der Waals surface area contributed by atoms with Crippen molar-refractivity contribution in [2.45, 2.75) is 50.4 Å². The molecular formula is C30H35FN8O3S. The number of nitrogen functional groups attached to an aromatic ring is 1. The molecule has 1 aromatic carbocycles. The molecule has 11 nitrogen and oxygen atoms in total. The molecule has 4 aliphatic heterocycles. The fourth-order valence-electron chi connectivity index (χ4n) is 7.08. The molecule has 13 heteroatoms. The predicted molar refractivity (Wildman–Crippen MR) is 164 cm³/mol. The van der Waals surface area contributed by atoms with Crippen molar-refractivity contribution in [2.24, 2.45) is 5.92 Å². The van der Waals surface area contributed by atoms with E-state index < -0.39 is 0 Å². The van der Waals surface area contributed by atoms with Crippen LogP contribution in [-0.4, -0.2) is 89.0 Å². The molecule has 43 heavy (non-hydrogen) atoms. The fourth-order valence-corrected chi connectivity index (χ4v) is 7.85. The first kappa shape index (κ1) is 27.2. The van der Waals surface area contributed by atoms with Gasteiger partial charge in [0.25, 0.3) is 5.56 Å². The third kappa shape index (κ3) is 4.82. The van der Waals surface area contributed by atoms with Crippen LogP contribution in [0.4, 0.5) is 15.3 Å². The summed E-state index contributed by atoms with van der Waals surface area (Å²) < 4.78 is 28.7. The monoisotopic (exact) mass is 606 g/mol. The number of pyridine rings is 1. The summed E-state index contributed by atoms with van der Waals surface area (Å²) in [5.74, 6) is 0.423. The Bertz CT molecular complexity index is 1760. The van der Waals surface area contributed by atoms with Crippen molar-refractivity contribution in [2.75, 3.05) is 57.1 Å². The Morgan fingerprint density at radius 2 is 1.98 bits per heavy atom. The van der Waals surface area contributed by atoms with E-state index >= 15 is 0 Å². The van der Waals surface area contributed by atoms with Gasteiger partial charge in [-0.25, -0.2) is 9.37 Å². The predicted octanol–water partition coefficient (Wildman–Crippen LogP) is 2.85. The third-order valence-electron chi connectivity index (χ3n) is 9.45. The summed E-state index contributed by atoms with van der Waals surface area (Å²) in [4.78, 5) is 33.3. The van der Waals surface area contributed by atoms with Gasteiger partial charge in [0, 0.05) is 49.2 Å². The van der Waals surface area contributed by atoms with Crippen LogP contribution in [0.5, 0.6) is 6.01 Å². The lowest BCUT2D eigenvalue weighted by molar-refractivity contribution is -0.0395. The number of benzene rings is 1. The Hall–Kier alpha value is -3.39. The average molecular weight is 607 g/mol. The van der Waals surface area contributed by atoms with Gasteiger partial charge in [-0.2, -0.15) is 9.97 Å². The lowest BCUT2D eigenvalue weighted by Gasteiger charge is -2.34. The minimum atomic E-state index is -0.388. The molecule has 0 amide bonds. The highest BCUT2D eigenvalue weighted by molar-refractivity contribution is 7.22. The van der Waals surface area contributed by atoms with Gasteiger partial charge >= 0.3 is 6.01 Å². The smallest absolute Gasteiger partial charge is 0.319 e. The van der Waals surface area contributed by atoms with Crippen LogP contribution in [0.15, 0.2) is 23.0 Å². The molecule has 4 aromatic rings. The van der Waals surface area contributed by atoms with E-state index in [-0.39, 0.29) is 28.4 Å². The van der Waals surface area contributed by atoms with Crippen LogP contribution in [0.25, 0.3) is 32.4 Å². The number of hydrogen-bond acceptors (Lipinski definition) is 11. The molecule has 0 radical (unpaired) electrons. The molecule has 0 aliphatic carbocycles. The first-order chi connectivity index (χ1) is 20.9. The molecule has 2 unspecified atom stereocenters. The summed E-state index contributed by atoms with van der Waals surface area (Å²) in [5.41, 5.74) is 8.05. The molecule has 4 saturated heterocycles. The number of likely N-dealkylation sites (N-methyl/N-ethyl adjacent to an activating group) is 1. The quantitative estimate of drug-likeness (QED) is 0.325. The Morgan fingerprint density at radius 1 is 1.16 bits per heavy atom. The maximum absolute atomic E-state index is 14.8. The molecule has 3 atom stereocenters. The van der Waals surface area contributed by atoms with Gasteiger partial charge < -0.3 is 34.9 Å². The second-order valence-corrected chi connectivity index (χ2v) is 13.4. The van der Waals surface area contributed by atoms with Gasteiger partial charge in [-0.05, 0) is 57.5 Å². The number of fused-ring (bicyclic) bond motifs is 4. The fraction of sp³-hybridized carbons (Fsp3) is 0.533. The summed E-state index contributed by atoms with van der Waals surface area (Å²) in [5, 5.41) is 4.43. The summed E-state index contributed by atoms with van der Waals surface area (Å²) >= 11 is 1.10. The molecule has 3 N–H and O–H groups in total. The number of anilines is 2. The zero-order valence-electron chi connectivity index (χ0n) is 24.1. The molecule has 7 heterocycles. The number of halogens is 1. The maximum Gasteiger partial charge on any atom is 0.319 e. The molecule has 2 bridgehead atoms. The highest BCUT2D eigenvalue weighted by Gasteiger charge is 2.35. The Kier molecular flexibility index (Phi) is 6.73. The van der Waals surface area contributed by atoms with E-state index in [1.165, 1.54) is 6.07 Å². The summed E-state index contributed by atoms with van der Waals surface area (Å²) in [6, 6.07) is 6.28. The van der Waals surface area contributed by atoms with Crippen LogP contribution in [0.1, 0.15) is 25.7 Å². The summed E-state index contributed by atoms with van der Waals surface area (Å²) in [6.45, 7) is 4.68. The van der Waals surface area contributed by atoms with Crippen molar-refractivity contribution in [3.63, 3.8) is 0 Å². The number of nitrogens with two attached hydrogens (primary N) is 1. The number of nitrogens with one attached hydrogen (secondary N) is 1. The van der Waals surface area contributed by atoms with E-state index in [1.807, 2.05) is 6.07 Å². The minimum Gasteiger partial charge on any atom is -0.462 e. The van der Waals surface area contributed by atoms with Crippen LogP contribution in [0.2, 0.25) is 0 Å². The Labute approximate surface area is 251 Å². The number of hydrogen-bond donors (Lipinski definition) is 2. The number of aromatic nitrogens is 4. The van der Waals surface area contributed by atoms with Gasteiger partial charge in [0.05, 0.1) is 34.6 Å². The van der Waals surface area contributed by atoms with Crippen molar-refractivity contribution >= 4 is 43.4 Å². The lowest BCUT2D eigenvalue weighted by Crippen LogP contribution is -2.51. The van der Waals surface area contributed by atoms with Crippen LogP contribution < -0.4 is 26.2 Å². The largest absolute Gasteiger partial charge is 0.462 e. The minimum absolute atomic E-state index is 0.178. The lowest BCUT2D eigenvalue weighted by atomic mass is 10.0. The molecule has 4 aliphatic rings. The Morgan fingerprint density at radius 3 is 2.70 bits per heavy atom. The van der Waals surface area contributed by atoms with E-state index in [2.05, 4.69) is 27.1 Å².